The van der Waals surface area contributed by atoms with E-state index < -0.39 is 0 Å². The maximum absolute atomic E-state index is 11.3. The van der Waals surface area contributed by atoms with Gasteiger partial charge in [-0.05, 0) is 25.5 Å². The van der Waals surface area contributed by atoms with Gasteiger partial charge in [-0.15, -0.1) is 0 Å². The summed E-state index contributed by atoms with van der Waals surface area (Å²) in [4.78, 5) is 17.5. The van der Waals surface area contributed by atoms with Gasteiger partial charge in [0.2, 0.25) is 11.8 Å². The van der Waals surface area contributed by atoms with Crippen LogP contribution in [0.4, 0.5) is 0 Å². The lowest BCUT2D eigenvalue weighted by Crippen LogP contribution is -2.30. The molecule has 2 aromatic heterocycles. The van der Waals surface area contributed by atoms with Gasteiger partial charge in [0.15, 0.2) is 5.82 Å². The SMILES string of the molecule is CCN(CCc1noc([C@@H]2C[C@H]2c2ccco2)n1)C(C)=O. The highest BCUT2D eigenvalue weighted by atomic mass is 16.5. The van der Waals surface area contributed by atoms with Crippen molar-refractivity contribution < 1.29 is 13.7 Å². The van der Waals surface area contributed by atoms with Crippen molar-refractivity contribution in [3.8, 4) is 0 Å². The highest BCUT2D eigenvalue weighted by molar-refractivity contribution is 5.73. The van der Waals surface area contributed by atoms with Crippen LogP contribution in [0.2, 0.25) is 0 Å². The fraction of sp³-hybridized carbons (Fsp3) is 0.533. The molecule has 2 heterocycles. The van der Waals surface area contributed by atoms with E-state index in [4.69, 9.17) is 8.94 Å². The molecule has 0 saturated heterocycles. The zero-order chi connectivity index (χ0) is 14.8. The van der Waals surface area contributed by atoms with E-state index in [2.05, 4.69) is 10.1 Å². The number of carbonyl (C=O) groups is 1. The van der Waals surface area contributed by atoms with Crippen molar-refractivity contribution >= 4 is 5.91 Å². The Bertz CT molecular complexity index is 605. The van der Waals surface area contributed by atoms with E-state index in [0.29, 0.717) is 37.1 Å². The zero-order valence-corrected chi connectivity index (χ0v) is 12.3. The van der Waals surface area contributed by atoms with E-state index in [1.54, 1.807) is 18.1 Å². The van der Waals surface area contributed by atoms with Crippen LogP contribution < -0.4 is 0 Å². The summed E-state index contributed by atoms with van der Waals surface area (Å²) in [5.74, 6) is 3.02. The molecule has 1 aliphatic carbocycles. The molecule has 0 unspecified atom stereocenters. The van der Waals surface area contributed by atoms with Gasteiger partial charge in [-0.2, -0.15) is 4.98 Å². The summed E-state index contributed by atoms with van der Waals surface area (Å²) < 4.78 is 10.7. The van der Waals surface area contributed by atoms with Gasteiger partial charge in [-0.25, -0.2) is 0 Å². The fourth-order valence-corrected chi connectivity index (χ4v) is 2.58. The molecular weight excluding hydrogens is 270 g/mol. The predicted molar refractivity (Wildman–Crippen MR) is 74.7 cm³/mol. The van der Waals surface area contributed by atoms with Gasteiger partial charge in [-0.1, -0.05) is 5.16 Å². The molecule has 1 saturated carbocycles. The monoisotopic (exact) mass is 289 g/mol. The number of furan rings is 1. The maximum atomic E-state index is 11.3. The van der Waals surface area contributed by atoms with Crippen LogP contribution in [0, 0.1) is 0 Å². The second-order valence-electron chi connectivity index (χ2n) is 5.36. The van der Waals surface area contributed by atoms with Crippen molar-refractivity contribution in [2.45, 2.75) is 38.5 Å². The topological polar surface area (TPSA) is 72.4 Å². The Morgan fingerprint density at radius 2 is 2.33 bits per heavy atom. The third kappa shape index (κ3) is 2.99. The molecule has 0 aliphatic heterocycles. The number of hydrogen-bond acceptors (Lipinski definition) is 5. The first-order valence-electron chi connectivity index (χ1n) is 7.30. The Kier molecular flexibility index (Phi) is 3.77. The average molecular weight is 289 g/mol. The Hall–Kier alpha value is -2.11. The molecule has 2 aromatic rings. The molecule has 21 heavy (non-hydrogen) atoms. The van der Waals surface area contributed by atoms with E-state index in [1.807, 2.05) is 19.1 Å². The van der Waals surface area contributed by atoms with E-state index in [1.165, 1.54) is 0 Å². The van der Waals surface area contributed by atoms with Crippen LogP contribution in [0.1, 0.15) is 49.6 Å². The van der Waals surface area contributed by atoms with Crippen molar-refractivity contribution in [2.75, 3.05) is 13.1 Å². The Balaban J connectivity index is 1.56. The first-order chi connectivity index (χ1) is 10.2. The smallest absolute Gasteiger partial charge is 0.230 e. The van der Waals surface area contributed by atoms with Crippen molar-refractivity contribution in [3.05, 3.63) is 35.9 Å². The summed E-state index contributed by atoms with van der Waals surface area (Å²) >= 11 is 0. The number of aromatic nitrogens is 2. The number of carbonyl (C=O) groups excluding carboxylic acids is 1. The van der Waals surface area contributed by atoms with Gasteiger partial charge in [0, 0.05) is 38.3 Å². The molecule has 0 spiro atoms. The molecule has 1 amide bonds. The summed E-state index contributed by atoms with van der Waals surface area (Å²) in [5.41, 5.74) is 0. The molecular formula is C15H19N3O3. The molecule has 2 atom stereocenters. The fourth-order valence-electron chi connectivity index (χ4n) is 2.58. The highest BCUT2D eigenvalue weighted by Gasteiger charge is 2.45. The molecule has 0 radical (unpaired) electrons. The molecule has 6 heteroatoms. The summed E-state index contributed by atoms with van der Waals surface area (Å²) in [7, 11) is 0. The number of hydrogen-bond donors (Lipinski definition) is 0. The minimum absolute atomic E-state index is 0.0706. The molecule has 0 bridgehead atoms. The van der Waals surface area contributed by atoms with Gasteiger partial charge in [0.25, 0.3) is 0 Å². The van der Waals surface area contributed by atoms with Crippen molar-refractivity contribution in [1.29, 1.82) is 0 Å². The standard InChI is InChI=1S/C15H19N3O3/c1-3-18(10(2)19)7-6-14-16-15(21-17-14)12-9-11(12)13-5-4-8-20-13/h4-5,8,11-12H,3,6-7,9H2,1-2H3/t11-,12-/m1/s1. The third-order valence-corrected chi connectivity index (χ3v) is 3.93. The molecule has 3 rings (SSSR count). The number of rotatable bonds is 6. The molecule has 1 aliphatic rings. The van der Waals surface area contributed by atoms with Crippen LogP contribution in [-0.4, -0.2) is 34.0 Å². The van der Waals surface area contributed by atoms with Crippen molar-refractivity contribution in [3.63, 3.8) is 0 Å². The first-order valence-corrected chi connectivity index (χ1v) is 7.30. The lowest BCUT2D eigenvalue weighted by molar-refractivity contribution is -0.128. The predicted octanol–water partition coefficient (Wildman–Crippen LogP) is 2.34. The molecule has 1 fully saturated rings. The van der Waals surface area contributed by atoms with Crippen LogP contribution in [0.25, 0.3) is 0 Å². The summed E-state index contributed by atoms with van der Waals surface area (Å²) in [6, 6.07) is 3.87. The largest absolute Gasteiger partial charge is 0.469 e. The first kappa shape index (κ1) is 13.9. The maximum Gasteiger partial charge on any atom is 0.230 e. The highest BCUT2D eigenvalue weighted by Crippen LogP contribution is 2.54. The van der Waals surface area contributed by atoms with Crippen LogP contribution in [0.5, 0.6) is 0 Å². The molecule has 0 N–H and O–H groups in total. The van der Waals surface area contributed by atoms with E-state index >= 15 is 0 Å². The quantitative estimate of drug-likeness (QED) is 0.816. The second-order valence-corrected chi connectivity index (χ2v) is 5.36. The number of likely N-dealkylation sites (N-methyl/N-ethyl adjacent to an activating group) is 1. The normalized spacial score (nSPS) is 20.5. The van der Waals surface area contributed by atoms with Gasteiger partial charge >= 0.3 is 0 Å². The van der Waals surface area contributed by atoms with Gasteiger partial charge < -0.3 is 13.8 Å². The summed E-state index contributed by atoms with van der Waals surface area (Å²) in [6.45, 7) is 4.85. The Morgan fingerprint density at radius 1 is 1.48 bits per heavy atom. The van der Waals surface area contributed by atoms with Gasteiger partial charge in [-0.3, -0.25) is 4.79 Å². The Labute approximate surface area is 123 Å². The number of amides is 1. The van der Waals surface area contributed by atoms with E-state index in [-0.39, 0.29) is 11.8 Å². The second kappa shape index (κ2) is 5.71. The van der Waals surface area contributed by atoms with Gasteiger partial charge in [0.05, 0.1) is 6.26 Å². The number of nitrogens with zero attached hydrogens (tertiary/aromatic N) is 3. The van der Waals surface area contributed by atoms with Gasteiger partial charge in [0.1, 0.15) is 5.76 Å². The zero-order valence-electron chi connectivity index (χ0n) is 12.3. The summed E-state index contributed by atoms with van der Waals surface area (Å²) in [6.07, 6.45) is 3.30. The average Bonchev–Trinajstić information content (AvgIpc) is 2.92. The van der Waals surface area contributed by atoms with Crippen LogP contribution in [0.3, 0.4) is 0 Å². The van der Waals surface area contributed by atoms with Crippen LogP contribution in [0.15, 0.2) is 27.3 Å². The lowest BCUT2D eigenvalue weighted by Gasteiger charge is -2.17. The minimum atomic E-state index is 0.0706. The molecule has 0 aromatic carbocycles. The minimum Gasteiger partial charge on any atom is -0.469 e. The van der Waals surface area contributed by atoms with E-state index in [0.717, 1.165) is 12.2 Å². The van der Waals surface area contributed by atoms with Crippen LogP contribution >= 0.6 is 0 Å². The third-order valence-electron chi connectivity index (χ3n) is 3.93. The summed E-state index contributed by atoms with van der Waals surface area (Å²) in [5, 5.41) is 4.00. The lowest BCUT2D eigenvalue weighted by atomic mass is 10.2. The molecule has 112 valence electrons. The Morgan fingerprint density at radius 3 is 3.00 bits per heavy atom. The molecule has 6 nitrogen and oxygen atoms in total. The van der Waals surface area contributed by atoms with E-state index in [9.17, 15) is 4.79 Å². The van der Waals surface area contributed by atoms with Crippen LogP contribution in [-0.2, 0) is 11.2 Å². The van der Waals surface area contributed by atoms with Crippen molar-refractivity contribution in [1.82, 2.24) is 15.0 Å². The van der Waals surface area contributed by atoms with Crippen molar-refractivity contribution in [2.24, 2.45) is 0 Å².